The minimum Gasteiger partial charge on any atom is -0.463 e. The number of allylic oxidation sites excluding steroid dienone is 8. The Labute approximate surface area is 699 Å². The summed E-state index contributed by atoms with van der Waals surface area (Å²) in [5.41, 5.74) is 0. The largest absolute Gasteiger partial charge is 0.469 e. The van der Waals surface area contributed by atoms with Crippen LogP contribution in [0.2, 0.25) is 0 Å². The second kappa shape index (κ2) is 88.4. The summed E-state index contributed by atoms with van der Waals surface area (Å²) < 4.78 is 77.9. The fourth-order valence-electron chi connectivity index (χ4n) is 11.3. The van der Waals surface area contributed by atoms with E-state index >= 15 is 0 Å². The maximum atomic E-state index is 11.6. The van der Waals surface area contributed by atoms with Gasteiger partial charge in [0.05, 0.1) is 26.4 Å². The molecule has 0 aliphatic heterocycles. The monoisotopic (exact) mass is 1750 g/mol. The first kappa shape index (κ1) is 119. The number of phosphoric ester groups is 4. The van der Waals surface area contributed by atoms with E-state index in [0.29, 0.717) is 0 Å². The van der Waals surface area contributed by atoms with Crippen molar-refractivity contribution in [1.82, 2.24) is 0 Å². The number of carbonyl (C=O) groups is 4. The number of unbranched alkanes of at least 4 members (excludes halogenated alkanes) is 44. The number of aliphatic hydroxyl groups is 4. The molecule has 4 atom stereocenters. The van der Waals surface area contributed by atoms with Crippen molar-refractivity contribution in [2.24, 2.45) is 0 Å². The van der Waals surface area contributed by atoms with Gasteiger partial charge in [0.1, 0.15) is 50.8 Å². The van der Waals surface area contributed by atoms with Gasteiger partial charge in [0, 0.05) is 25.7 Å². The molecule has 0 aliphatic carbocycles. The number of esters is 4. The first-order valence-electron chi connectivity index (χ1n) is 44.1. The third kappa shape index (κ3) is 113. The number of ether oxygens (including phenoxy) is 4. The molecule has 0 aromatic carbocycles. The summed E-state index contributed by atoms with van der Waals surface area (Å²) in [5.74, 6) is -1.68. The summed E-state index contributed by atoms with van der Waals surface area (Å²) in [6, 6.07) is 0. The number of phosphoric acid groups is 4. The average Bonchev–Trinajstić information content (AvgIpc) is 0.974. The van der Waals surface area contributed by atoms with Gasteiger partial charge in [-0.05, 0) is 128 Å². The molecule has 0 amide bonds. The van der Waals surface area contributed by atoms with Crippen LogP contribution in [0.1, 0.15) is 387 Å². The van der Waals surface area contributed by atoms with Gasteiger partial charge in [0.2, 0.25) is 0 Å². The Bertz CT molecular complexity index is 2440. The highest BCUT2D eigenvalue weighted by atomic mass is 31.2. The summed E-state index contributed by atoms with van der Waals surface area (Å²) in [4.78, 5) is 114. The van der Waals surface area contributed by atoms with Crippen LogP contribution >= 0.6 is 31.3 Å². The Morgan fingerprint density at radius 1 is 0.216 bits per heavy atom. The first-order valence-corrected chi connectivity index (χ1v) is 50.3. The highest BCUT2D eigenvalue weighted by Gasteiger charge is 2.22. The first-order chi connectivity index (χ1) is 55.4. The predicted molar refractivity (Wildman–Crippen MR) is 458 cm³/mol. The highest BCUT2D eigenvalue weighted by molar-refractivity contribution is 7.47. The SMILES string of the molecule is CCCCCCCC/C=C/CCCCCCCC(=O)OC[C@@H](O)COP(=O)(O)O.CCCCCCCC/C=C\CCCCCC(=O)OC[C@@H](O)COP(=O)(O)O.CCCCCCCC/C=C\CCCCCCCC(=O)OC[C@@H](O)COP(=O)(O)O.CCCCCCCCCC/C=C\CCCCCCCC(=O)OC[C@@H](O)COP(=O)(O)O. The van der Waals surface area contributed by atoms with Crippen LogP contribution in [-0.4, -0.2) is 161 Å². The maximum Gasteiger partial charge on any atom is 0.469 e. The zero-order chi connectivity index (χ0) is 87.2. The highest BCUT2D eigenvalue weighted by Crippen LogP contribution is 2.38. The second-order valence-electron chi connectivity index (χ2n) is 29.8. The van der Waals surface area contributed by atoms with Gasteiger partial charge in [-0.15, -0.1) is 0 Å². The van der Waals surface area contributed by atoms with Gasteiger partial charge >= 0.3 is 55.2 Å². The smallest absolute Gasteiger partial charge is 0.463 e. The summed E-state index contributed by atoms with van der Waals surface area (Å²) in [6.07, 6.45) is 76.2. The van der Waals surface area contributed by atoms with E-state index in [4.69, 9.17) is 58.1 Å². The van der Waals surface area contributed by atoms with Crippen molar-refractivity contribution in [3.63, 3.8) is 0 Å². The van der Waals surface area contributed by atoms with Crippen LogP contribution in [-0.2, 0) is 74.5 Å². The van der Waals surface area contributed by atoms with Crippen LogP contribution in [0.25, 0.3) is 0 Å². The van der Waals surface area contributed by atoms with Gasteiger partial charge in [-0.3, -0.25) is 37.3 Å². The van der Waals surface area contributed by atoms with Gasteiger partial charge < -0.3 is 78.5 Å². The topological polar surface area (TPSA) is 453 Å². The molecular formula is C84H164O28P4. The van der Waals surface area contributed by atoms with Crippen molar-refractivity contribution >= 4 is 55.2 Å². The predicted octanol–water partition coefficient (Wildman–Crippen LogP) is 20.1. The van der Waals surface area contributed by atoms with E-state index in [1.54, 1.807) is 0 Å². The molecule has 0 aromatic heterocycles. The van der Waals surface area contributed by atoms with Crippen molar-refractivity contribution in [3.05, 3.63) is 48.6 Å². The van der Waals surface area contributed by atoms with Crippen LogP contribution in [0.5, 0.6) is 0 Å². The molecule has 28 nitrogen and oxygen atoms in total. The molecule has 688 valence electrons. The molecule has 0 radical (unpaired) electrons. The van der Waals surface area contributed by atoms with E-state index in [0.717, 1.165) is 128 Å². The number of aliphatic hydroxyl groups excluding tert-OH is 4. The third-order valence-corrected chi connectivity index (χ3v) is 20.0. The van der Waals surface area contributed by atoms with Gasteiger partial charge in [-0.2, -0.15) is 0 Å². The zero-order valence-corrected chi connectivity index (χ0v) is 75.4. The molecular weight excluding hydrogens is 1580 g/mol. The molecule has 0 heterocycles. The van der Waals surface area contributed by atoms with Crippen LogP contribution < -0.4 is 0 Å². The Hall–Kier alpha value is -2.88. The maximum absolute atomic E-state index is 11.6. The van der Waals surface area contributed by atoms with E-state index < -0.39 is 106 Å². The molecule has 0 bridgehead atoms. The van der Waals surface area contributed by atoms with Crippen molar-refractivity contribution < 1.29 is 134 Å². The quantitative estimate of drug-likeness (QED) is 0.00884. The van der Waals surface area contributed by atoms with Gasteiger partial charge in [0.15, 0.2) is 0 Å². The van der Waals surface area contributed by atoms with E-state index in [2.05, 4.69) is 94.4 Å². The lowest BCUT2D eigenvalue weighted by Crippen LogP contribution is -2.23. The van der Waals surface area contributed by atoms with Gasteiger partial charge in [-0.1, -0.05) is 282 Å². The molecule has 0 aromatic rings. The number of hydrogen-bond donors (Lipinski definition) is 12. The van der Waals surface area contributed by atoms with E-state index in [-0.39, 0.29) is 52.1 Å². The molecule has 0 saturated heterocycles. The molecule has 116 heavy (non-hydrogen) atoms. The van der Waals surface area contributed by atoms with Crippen molar-refractivity contribution in [3.8, 4) is 0 Å². The Morgan fingerprint density at radius 2 is 0.345 bits per heavy atom. The fourth-order valence-corrected chi connectivity index (χ4v) is 12.8. The minimum absolute atomic E-state index is 0.271. The number of hydrogen-bond acceptors (Lipinski definition) is 20. The molecule has 0 spiro atoms. The molecule has 12 N–H and O–H groups in total. The summed E-state index contributed by atoms with van der Waals surface area (Å²) in [6.45, 7) is 5.32. The average molecular weight is 1750 g/mol. The minimum atomic E-state index is -4.62. The van der Waals surface area contributed by atoms with Crippen LogP contribution in [0.3, 0.4) is 0 Å². The second-order valence-corrected chi connectivity index (χ2v) is 34.8. The number of carbonyl (C=O) groups excluding carboxylic acids is 4. The molecule has 0 saturated carbocycles. The van der Waals surface area contributed by atoms with Crippen LogP contribution in [0.4, 0.5) is 0 Å². The fraction of sp³-hybridized carbons (Fsp3) is 0.857. The zero-order valence-electron chi connectivity index (χ0n) is 71.9. The van der Waals surface area contributed by atoms with Crippen LogP contribution in [0.15, 0.2) is 48.6 Å². The Morgan fingerprint density at radius 3 is 0.491 bits per heavy atom. The summed E-state index contributed by atoms with van der Waals surface area (Å²) in [5, 5.41) is 37.7. The van der Waals surface area contributed by atoms with Gasteiger partial charge in [-0.25, -0.2) is 18.3 Å². The lowest BCUT2D eigenvalue weighted by molar-refractivity contribution is -0.148. The van der Waals surface area contributed by atoms with E-state index in [1.807, 2.05) is 0 Å². The van der Waals surface area contributed by atoms with Crippen molar-refractivity contribution in [2.75, 3.05) is 52.9 Å². The molecule has 0 aliphatic rings. The molecule has 0 unspecified atom stereocenters. The van der Waals surface area contributed by atoms with E-state index in [1.165, 1.54) is 205 Å². The lowest BCUT2D eigenvalue weighted by atomic mass is 10.1. The number of rotatable bonds is 80. The van der Waals surface area contributed by atoms with Crippen molar-refractivity contribution in [1.29, 1.82) is 0 Å². The van der Waals surface area contributed by atoms with Crippen molar-refractivity contribution in [2.45, 2.75) is 412 Å². The summed E-state index contributed by atoms with van der Waals surface area (Å²) >= 11 is 0. The third-order valence-electron chi connectivity index (χ3n) is 18.1. The lowest BCUT2D eigenvalue weighted by Gasteiger charge is -2.12. The van der Waals surface area contributed by atoms with Gasteiger partial charge in [0.25, 0.3) is 0 Å². The Kier molecular flexibility index (Phi) is 91.0. The molecule has 0 fully saturated rings. The Balaban J connectivity index is -0.000000722. The molecule has 0 rings (SSSR count). The van der Waals surface area contributed by atoms with Crippen LogP contribution in [0, 0.1) is 0 Å². The standard InChI is InChI=1S/C23H45O7P.2C21H41O7P.C19H37O7P/c1-2-3-4-5-6-7-8-9-10-11-12-13-14-15-16-17-18-19-23(25)29-20-22(24)21-30-31(26,27)28;2*1-2-3-4-5-6-7-8-9-10-11-12-13-14-15-16-17-21(23)27-18-20(22)19-28-29(24,25)26;1-2-3-4-5-6-7-8-9-10-11-12-13-14-15-19(21)25-16-18(20)17-26-27(22,23)24/h11-12,22,24H,2-10,13-21H2,1H3,(H2,26,27,28);2*9-10,20,22H,2-8,11-19H2,1H3,(H2,24,25,26);9-10,18,20H,2-8,11-17H2,1H3,(H2,22,23,24)/b12-11-;10-9+;2*10-9-/t22-;2*20-;18-/m1111/s1. The summed E-state index contributed by atoms with van der Waals surface area (Å²) in [7, 11) is -18.5. The normalized spacial score (nSPS) is 13.1. The van der Waals surface area contributed by atoms with E-state index in [9.17, 15) is 57.9 Å². The molecule has 32 heteroatoms.